The highest BCUT2D eigenvalue weighted by Crippen LogP contribution is 2.34. The predicted octanol–water partition coefficient (Wildman–Crippen LogP) is 3.59. The van der Waals surface area contributed by atoms with Crippen molar-refractivity contribution < 1.29 is 0 Å². The van der Waals surface area contributed by atoms with E-state index in [1.165, 1.54) is 19.3 Å². The van der Waals surface area contributed by atoms with Gasteiger partial charge in [0.2, 0.25) is 0 Å². The first-order valence-electron chi connectivity index (χ1n) is 5.97. The van der Waals surface area contributed by atoms with Gasteiger partial charge in [-0.2, -0.15) is 0 Å². The average Bonchev–Trinajstić information content (AvgIpc) is 2.57. The highest BCUT2D eigenvalue weighted by molar-refractivity contribution is 4.91. The molecule has 14 heavy (non-hydrogen) atoms. The quantitative estimate of drug-likeness (QED) is 0.726. The van der Waals surface area contributed by atoms with Crippen LogP contribution in [0.4, 0.5) is 0 Å². The van der Waals surface area contributed by atoms with E-state index >= 15 is 0 Å². The van der Waals surface area contributed by atoms with Crippen LogP contribution in [0.5, 0.6) is 0 Å². The Hall–Kier alpha value is -0.0400. The summed E-state index contributed by atoms with van der Waals surface area (Å²) in [4.78, 5) is 0. The van der Waals surface area contributed by atoms with Gasteiger partial charge in [-0.3, -0.25) is 0 Å². The average molecular weight is 197 g/mol. The van der Waals surface area contributed by atoms with Crippen LogP contribution in [0.2, 0.25) is 0 Å². The Balaban J connectivity index is 2.39. The molecule has 0 spiro atoms. The minimum Gasteiger partial charge on any atom is -0.309 e. The normalized spacial score (nSPS) is 21.0. The van der Waals surface area contributed by atoms with Crippen molar-refractivity contribution in [2.45, 2.75) is 72.4 Å². The van der Waals surface area contributed by atoms with Gasteiger partial charge in [0, 0.05) is 11.6 Å². The molecule has 1 rings (SSSR count). The van der Waals surface area contributed by atoms with Crippen LogP contribution in [-0.2, 0) is 0 Å². The van der Waals surface area contributed by atoms with Gasteiger partial charge in [-0.1, -0.05) is 20.8 Å². The Kier molecular flexibility index (Phi) is 3.30. The van der Waals surface area contributed by atoms with Gasteiger partial charge in [0.25, 0.3) is 0 Å². The second-order valence-electron chi connectivity index (χ2n) is 6.89. The van der Waals surface area contributed by atoms with E-state index in [1.54, 1.807) is 0 Å². The number of hydrogen-bond donors (Lipinski definition) is 1. The largest absolute Gasteiger partial charge is 0.309 e. The lowest BCUT2D eigenvalue weighted by molar-refractivity contribution is 0.219. The van der Waals surface area contributed by atoms with Crippen molar-refractivity contribution >= 4 is 0 Å². The first-order chi connectivity index (χ1) is 6.20. The van der Waals surface area contributed by atoms with Crippen LogP contribution in [-0.4, -0.2) is 11.6 Å². The first-order valence-corrected chi connectivity index (χ1v) is 5.97. The molecule has 84 valence electrons. The molecule has 0 heterocycles. The molecular formula is C13H27N. The molecule has 1 saturated carbocycles. The van der Waals surface area contributed by atoms with Crippen molar-refractivity contribution in [3.8, 4) is 0 Å². The van der Waals surface area contributed by atoms with Crippen LogP contribution < -0.4 is 5.32 Å². The monoisotopic (exact) mass is 197 g/mol. The van der Waals surface area contributed by atoms with E-state index < -0.39 is 0 Å². The second kappa shape index (κ2) is 3.84. The van der Waals surface area contributed by atoms with Crippen LogP contribution >= 0.6 is 0 Å². The second-order valence-corrected chi connectivity index (χ2v) is 6.89. The lowest BCUT2D eigenvalue weighted by atomic mass is 9.81. The summed E-state index contributed by atoms with van der Waals surface area (Å²) in [6.07, 6.45) is 4.09. The van der Waals surface area contributed by atoms with Crippen molar-refractivity contribution in [1.82, 2.24) is 5.32 Å². The highest BCUT2D eigenvalue weighted by atomic mass is 15.0. The van der Waals surface area contributed by atoms with E-state index in [0.29, 0.717) is 11.5 Å². The maximum atomic E-state index is 3.77. The van der Waals surface area contributed by atoms with Crippen molar-refractivity contribution in [1.29, 1.82) is 0 Å². The van der Waals surface area contributed by atoms with Crippen LogP contribution in [0, 0.1) is 11.3 Å². The van der Waals surface area contributed by atoms with Crippen LogP contribution in [0.3, 0.4) is 0 Å². The Morgan fingerprint density at radius 2 is 1.64 bits per heavy atom. The lowest BCUT2D eigenvalue weighted by Gasteiger charge is -2.36. The summed E-state index contributed by atoms with van der Waals surface area (Å²) in [5.41, 5.74) is 0.694. The van der Waals surface area contributed by atoms with Gasteiger partial charge in [0.1, 0.15) is 0 Å². The van der Waals surface area contributed by atoms with Gasteiger partial charge >= 0.3 is 0 Å². The molecule has 0 saturated heterocycles. The van der Waals surface area contributed by atoms with E-state index in [1.807, 2.05) is 0 Å². The fraction of sp³-hybridized carbons (Fsp3) is 1.00. The number of hydrogen-bond acceptors (Lipinski definition) is 1. The third-order valence-corrected chi connectivity index (χ3v) is 2.92. The van der Waals surface area contributed by atoms with Crippen LogP contribution in [0.1, 0.15) is 60.8 Å². The van der Waals surface area contributed by atoms with E-state index in [4.69, 9.17) is 0 Å². The molecule has 1 nitrogen and oxygen atoms in total. The Labute approximate surface area is 89.7 Å². The van der Waals surface area contributed by atoms with Crippen molar-refractivity contribution in [3.05, 3.63) is 0 Å². The van der Waals surface area contributed by atoms with Crippen molar-refractivity contribution in [2.75, 3.05) is 0 Å². The summed E-state index contributed by atoms with van der Waals surface area (Å²) in [5.74, 6) is 0.953. The topological polar surface area (TPSA) is 12.0 Å². The summed E-state index contributed by atoms with van der Waals surface area (Å²) in [6, 6.07) is 0.701. The fourth-order valence-corrected chi connectivity index (χ4v) is 2.71. The number of rotatable bonds is 4. The van der Waals surface area contributed by atoms with E-state index in [2.05, 4.69) is 46.9 Å². The first kappa shape index (κ1) is 12.0. The van der Waals surface area contributed by atoms with Gasteiger partial charge in [-0.15, -0.1) is 0 Å². The van der Waals surface area contributed by atoms with Crippen LogP contribution in [0.15, 0.2) is 0 Å². The summed E-state index contributed by atoms with van der Waals surface area (Å²) >= 11 is 0. The molecule has 0 aliphatic heterocycles. The van der Waals surface area contributed by atoms with Crippen molar-refractivity contribution in [3.63, 3.8) is 0 Å². The predicted molar refractivity (Wildman–Crippen MR) is 63.5 cm³/mol. The number of nitrogens with one attached hydrogen (secondary N) is 1. The molecule has 0 aromatic heterocycles. The van der Waals surface area contributed by atoms with Gasteiger partial charge in [0.15, 0.2) is 0 Å². The molecular weight excluding hydrogens is 170 g/mol. The van der Waals surface area contributed by atoms with Crippen LogP contribution in [0.25, 0.3) is 0 Å². The van der Waals surface area contributed by atoms with Gasteiger partial charge in [0.05, 0.1) is 0 Å². The Morgan fingerprint density at radius 3 is 2.00 bits per heavy atom. The summed E-state index contributed by atoms with van der Waals surface area (Å²) in [7, 11) is 0. The zero-order valence-electron chi connectivity index (χ0n) is 10.8. The minimum absolute atomic E-state index is 0.278. The molecule has 1 aliphatic rings. The summed E-state index contributed by atoms with van der Waals surface area (Å²) < 4.78 is 0. The molecule has 0 aromatic carbocycles. The molecule has 1 N–H and O–H groups in total. The maximum Gasteiger partial charge on any atom is 0.0132 e. The smallest absolute Gasteiger partial charge is 0.0132 e. The molecule has 1 aliphatic carbocycles. The zero-order valence-corrected chi connectivity index (χ0v) is 10.8. The molecule has 0 bridgehead atoms. The zero-order chi connectivity index (χ0) is 11.0. The SMILES string of the molecule is C[C@@H](NC(C)(C)CC(C)(C)C)C1CC1. The maximum absolute atomic E-state index is 3.77. The Bertz CT molecular complexity index is 184. The standard InChI is InChI=1S/C13H27N/c1-10(11-7-8-11)14-13(5,6)9-12(2,3)4/h10-11,14H,7-9H2,1-6H3/t10-/m1/s1. The van der Waals surface area contributed by atoms with E-state index in [-0.39, 0.29) is 5.54 Å². The molecule has 1 fully saturated rings. The molecule has 1 heteroatoms. The van der Waals surface area contributed by atoms with Crippen molar-refractivity contribution in [2.24, 2.45) is 11.3 Å². The van der Waals surface area contributed by atoms with E-state index in [0.717, 1.165) is 5.92 Å². The molecule has 0 amide bonds. The van der Waals surface area contributed by atoms with Gasteiger partial charge in [-0.25, -0.2) is 0 Å². The molecule has 1 atom stereocenters. The lowest BCUT2D eigenvalue weighted by Crippen LogP contribution is -2.47. The molecule has 0 unspecified atom stereocenters. The third-order valence-electron chi connectivity index (χ3n) is 2.92. The Morgan fingerprint density at radius 1 is 1.14 bits per heavy atom. The fourth-order valence-electron chi connectivity index (χ4n) is 2.71. The van der Waals surface area contributed by atoms with Gasteiger partial charge < -0.3 is 5.32 Å². The minimum atomic E-state index is 0.278. The molecule has 0 aromatic rings. The summed E-state index contributed by atoms with van der Waals surface area (Å²) in [6.45, 7) is 13.9. The summed E-state index contributed by atoms with van der Waals surface area (Å²) in [5, 5.41) is 3.77. The van der Waals surface area contributed by atoms with E-state index in [9.17, 15) is 0 Å². The highest BCUT2D eigenvalue weighted by Gasteiger charge is 2.33. The van der Waals surface area contributed by atoms with Gasteiger partial charge in [-0.05, 0) is 51.4 Å². The molecule has 0 radical (unpaired) electrons. The third kappa shape index (κ3) is 4.45.